The van der Waals surface area contributed by atoms with Crippen molar-refractivity contribution in [2.45, 2.75) is 39.3 Å². The summed E-state index contributed by atoms with van der Waals surface area (Å²) in [5.74, 6) is -0.158. The Kier molecular flexibility index (Phi) is 5.76. The molecule has 0 bridgehead atoms. The molecule has 21 heavy (non-hydrogen) atoms. The SMILES string of the molecule is CCC(N)Cc1cccc(F)c1N(CC)Cc1cccs1. The summed E-state index contributed by atoms with van der Waals surface area (Å²) in [6.07, 6.45) is 1.61. The third kappa shape index (κ3) is 4.05. The maximum Gasteiger partial charge on any atom is 0.146 e. The third-order valence-electron chi connectivity index (χ3n) is 3.70. The largest absolute Gasteiger partial charge is 0.364 e. The number of hydrogen-bond acceptors (Lipinski definition) is 3. The van der Waals surface area contributed by atoms with Crippen LogP contribution in [0.5, 0.6) is 0 Å². The van der Waals surface area contributed by atoms with E-state index in [0.29, 0.717) is 12.1 Å². The summed E-state index contributed by atoms with van der Waals surface area (Å²) in [7, 11) is 0. The first-order valence-corrected chi connectivity index (χ1v) is 8.34. The van der Waals surface area contributed by atoms with Gasteiger partial charge in [0.05, 0.1) is 12.2 Å². The fourth-order valence-corrected chi connectivity index (χ4v) is 3.16. The fourth-order valence-electron chi connectivity index (χ4n) is 2.45. The van der Waals surface area contributed by atoms with E-state index in [1.165, 1.54) is 10.9 Å². The van der Waals surface area contributed by atoms with Crippen molar-refractivity contribution in [3.8, 4) is 0 Å². The average Bonchev–Trinajstić information content (AvgIpc) is 2.98. The molecule has 1 heterocycles. The van der Waals surface area contributed by atoms with Crippen LogP contribution >= 0.6 is 11.3 Å². The Morgan fingerprint density at radius 2 is 2.05 bits per heavy atom. The van der Waals surface area contributed by atoms with Gasteiger partial charge in [0.2, 0.25) is 0 Å². The highest BCUT2D eigenvalue weighted by Gasteiger charge is 2.17. The highest BCUT2D eigenvalue weighted by molar-refractivity contribution is 7.09. The molecule has 0 amide bonds. The van der Waals surface area contributed by atoms with Crippen molar-refractivity contribution in [1.29, 1.82) is 0 Å². The number of hydrogen-bond donors (Lipinski definition) is 1. The Labute approximate surface area is 130 Å². The lowest BCUT2D eigenvalue weighted by molar-refractivity contribution is 0.605. The number of anilines is 1. The van der Waals surface area contributed by atoms with Crippen molar-refractivity contribution >= 4 is 17.0 Å². The van der Waals surface area contributed by atoms with Crippen molar-refractivity contribution in [3.63, 3.8) is 0 Å². The Balaban J connectivity index is 2.30. The van der Waals surface area contributed by atoms with E-state index in [0.717, 1.165) is 25.1 Å². The molecule has 1 aromatic heterocycles. The maximum atomic E-state index is 14.4. The number of thiophene rings is 1. The van der Waals surface area contributed by atoms with Gasteiger partial charge in [0, 0.05) is 17.5 Å². The van der Waals surface area contributed by atoms with Crippen LogP contribution in [-0.2, 0) is 13.0 Å². The van der Waals surface area contributed by atoms with Gasteiger partial charge in [-0.25, -0.2) is 4.39 Å². The molecular weight excluding hydrogens is 283 g/mol. The first kappa shape index (κ1) is 16.0. The molecule has 0 fully saturated rings. The molecule has 2 aromatic rings. The molecule has 0 aliphatic heterocycles. The number of halogens is 1. The summed E-state index contributed by atoms with van der Waals surface area (Å²) in [4.78, 5) is 3.34. The maximum absolute atomic E-state index is 14.4. The smallest absolute Gasteiger partial charge is 0.146 e. The zero-order chi connectivity index (χ0) is 15.2. The lowest BCUT2D eigenvalue weighted by atomic mass is 10.0. The second-order valence-corrected chi connectivity index (χ2v) is 6.25. The predicted octanol–water partition coefficient (Wildman–Crippen LogP) is 4.19. The third-order valence-corrected chi connectivity index (χ3v) is 4.56. The van der Waals surface area contributed by atoms with Crippen LogP contribution in [0.1, 0.15) is 30.7 Å². The Morgan fingerprint density at radius 1 is 1.24 bits per heavy atom. The molecule has 0 aliphatic rings. The molecule has 2 rings (SSSR count). The monoisotopic (exact) mass is 306 g/mol. The van der Waals surface area contributed by atoms with Crippen LogP contribution in [0.2, 0.25) is 0 Å². The Hall–Kier alpha value is -1.39. The topological polar surface area (TPSA) is 29.3 Å². The van der Waals surface area contributed by atoms with Crippen molar-refractivity contribution in [2.75, 3.05) is 11.4 Å². The van der Waals surface area contributed by atoms with E-state index >= 15 is 0 Å². The highest BCUT2D eigenvalue weighted by atomic mass is 32.1. The van der Waals surface area contributed by atoms with Gasteiger partial charge in [0.15, 0.2) is 0 Å². The predicted molar refractivity (Wildman–Crippen MR) is 89.4 cm³/mol. The van der Waals surface area contributed by atoms with Gasteiger partial charge in [-0.1, -0.05) is 25.1 Å². The molecule has 0 saturated carbocycles. The second kappa shape index (κ2) is 7.57. The van der Waals surface area contributed by atoms with Gasteiger partial charge in [0.25, 0.3) is 0 Å². The Morgan fingerprint density at radius 3 is 2.67 bits per heavy atom. The van der Waals surface area contributed by atoms with Crippen molar-refractivity contribution in [3.05, 3.63) is 52.0 Å². The van der Waals surface area contributed by atoms with Crippen molar-refractivity contribution in [1.82, 2.24) is 0 Å². The lowest BCUT2D eigenvalue weighted by Gasteiger charge is -2.26. The van der Waals surface area contributed by atoms with Gasteiger partial charge in [0.1, 0.15) is 5.82 Å². The molecule has 0 saturated heterocycles. The van der Waals surface area contributed by atoms with Gasteiger partial charge >= 0.3 is 0 Å². The highest BCUT2D eigenvalue weighted by Crippen LogP contribution is 2.28. The average molecular weight is 306 g/mol. The Bertz CT molecular complexity index is 554. The van der Waals surface area contributed by atoms with Gasteiger partial charge in [-0.05, 0) is 42.8 Å². The standard InChI is InChI=1S/C17H23FN2S/c1-3-14(19)11-13-7-5-9-16(18)17(13)20(4-2)12-15-8-6-10-21-15/h5-10,14H,3-4,11-12,19H2,1-2H3. The molecule has 1 atom stereocenters. The number of nitrogens with zero attached hydrogens (tertiary/aromatic N) is 1. The minimum Gasteiger partial charge on any atom is -0.364 e. The zero-order valence-corrected chi connectivity index (χ0v) is 13.5. The summed E-state index contributed by atoms with van der Waals surface area (Å²) in [5.41, 5.74) is 7.77. The quantitative estimate of drug-likeness (QED) is 0.831. The summed E-state index contributed by atoms with van der Waals surface area (Å²) in [6.45, 7) is 5.63. The number of para-hydroxylation sites is 1. The fraction of sp³-hybridized carbons (Fsp3) is 0.412. The van der Waals surface area contributed by atoms with Crippen LogP contribution in [0, 0.1) is 5.82 Å². The number of rotatable bonds is 7. The second-order valence-electron chi connectivity index (χ2n) is 5.21. The molecule has 0 spiro atoms. The first-order chi connectivity index (χ1) is 10.2. The molecule has 1 aromatic carbocycles. The normalized spacial score (nSPS) is 12.4. The summed E-state index contributed by atoms with van der Waals surface area (Å²) in [6, 6.07) is 9.49. The molecule has 114 valence electrons. The molecule has 4 heteroatoms. The minimum absolute atomic E-state index is 0.0750. The zero-order valence-electron chi connectivity index (χ0n) is 12.7. The molecule has 2 nitrogen and oxygen atoms in total. The van der Waals surface area contributed by atoms with Crippen LogP contribution in [0.15, 0.2) is 35.7 Å². The summed E-state index contributed by atoms with van der Waals surface area (Å²) < 4.78 is 14.4. The van der Waals surface area contributed by atoms with Gasteiger partial charge < -0.3 is 10.6 Å². The van der Waals surface area contributed by atoms with Crippen molar-refractivity contribution in [2.24, 2.45) is 5.73 Å². The number of nitrogens with two attached hydrogens (primary N) is 1. The molecule has 1 unspecified atom stereocenters. The van der Waals surface area contributed by atoms with E-state index in [2.05, 4.69) is 30.2 Å². The van der Waals surface area contributed by atoms with Crippen LogP contribution in [-0.4, -0.2) is 12.6 Å². The van der Waals surface area contributed by atoms with Gasteiger partial charge in [-0.15, -0.1) is 11.3 Å². The lowest BCUT2D eigenvalue weighted by Crippen LogP contribution is -2.27. The van der Waals surface area contributed by atoms with Crippen LogP contribution in [0.25, 0.3) is 0 Å². The van der Waals surface area contributed by atoms with E-state index in [4.69, 9.17) is 5.73 Å². The summed E-state index contributed by atoms with van der Waals surface area (Å²) in [5, 5.41) is 2.05. The van der Waals surface area contributed by atoms with E-state index in [1.807, 2.05) is 12.1 Å². The van der Waals surface area contributed by atoms with E-state index in [-0.39, 0.29) is 11.9 Å². The first-order valence-electron chi connectivity index (χ1n) is 7.46. The van der Waals surface area contributed by atoms with E-state index in [9.17, 15) is 4.39 Å². The molecule has 0 radical (unpaired) electrons. The van der Waals surface area contributed by atoms with Crippen molar-refractivity contribution < 1.29 is 4.39 Å². The minimum atomic E-state index is -0.158. The van der Waals surface area contributed by atoms with Crippen LogP contribution in [0.3, 0.4) is 0 Å². The molecular formula is C17H23FN2S. The van der Waals surface area contributed by atoms with E-state index < -0.39 is 0 Å². The van der Waals surface area contributed by atoms with Gasteiger partial charge in [-0.2, -0.15) is 0 Å². The molecule has 0 aliphatic carbocycles. The van der Waals surface area contributed by atoms with Crippen LogP contribution < -0.4 is 10.6 Å². The molecule has 2 N–H and O–H groups in total. The summed E-state index contributed by atoms with van der Waals surface area (Å²) >= 11 is 1.70. The van der Waals surface area contributed by atoms with Gasteiger partial charge in [-0.3, -0.25) is 0 Å². The van der Waals surface area contributed by atoms with Crippen LogP contribution in [0.4, 0.5) is 10.1 Å². The van der Waals surface area contributed by atoms with E-state index in [1.54, 1.807) is 17.4 Å². The number of benzene rings is 1.